The molecule has 0 aliphatic carbocycles. The number of hydrogen-bond acceptors (Lipinski definition) is 2. The van der Waals surface area contributed by atoms with Crippen LogP contribution in [-0.2, 0) is 4.74 Å². The molecule has 0 heterocycles. The summed E-state index contributed by atoms with van der Waals surface area (Å²) in [6, 6.07) is 0.451. The molecule has 0 rings (SSSR count). The normalized spacial score (nSPS) is 16.7. The molecule has 0 aromatic heterocycles. The summed E-state index contributed by atoms with van der Waals surface area (Å²) in [5.41, 5.74) is -0.0700. The van der Waals surface area contributed by atoms with Gasteiger partial charge in [0.25, 0.3) is 0 Å². The van der Waals surface area contributed by atoms with Crippen molar-refractivity contribution < 1.29 is 4.74 Å². The minimum atomic E-state index is -0.0700. The van der Waals surface area contributed by atoms with Crippen molar-refractivity contribution >= 4 is 0 Å². The van der Waals surface area contributed by atoms with Gasteiger partial charge >= 0.3 is 0 Å². The average Bonchev–Trinajstić information content (AvgIpc) is 2.17. The minimum Gasteiger partial charge on any atom is -0.377 e. The van der Waals surface area contributed by atoms with Crippen molar-refractivity contribution in [2.24, 2.45) is 5.92 Å². The molecule has 86 valence electrons. The number of nitrogens with one attached hydrogen (secondary N) is 1. The van der Waals surface area contributed by atoms with Gasteiger partial charge in [0.15, 0.2) is 0 Å². The second kappa shape index (κ2) is 6.41. The van der Waals surface area contributed by atoms with E-state index in [2.05, 4.69) is 39.9 Å². The minimum absolute atomic E-state index is 0.0700. The fourth-order valence-corrected chi connectivity index (χ4v) is 1.57. The molecule has 0 saturated heterocycles. The van der Waals surface area contributed by atoms with Crippen molar-refractivity contribution in [2.75, 3.05) is 13.7 Å². The van der Waals surface area contributed by atoms with Crippen molar-refractivity contribution in [2.45, 2.75) is 59.1 Å². The zero-order valence-electron chi connectivity index (χ0n) is 10.7. The molecule has 0 aromatic rings. The molecule has 0 fully saturated rings. The molecule has 0 aliphatic heterocycles. The second-order valence-electron chi connectivity index (χ2n) is 4.67. The van der Waals surface area contributed by atoms with Crippen LogP contribution in [0.1, 0.15) is 47.5 Å². The van der Waals surface area contributed by atoms with Gasteiger partial charge in [0.05, 0.1) is 5.60 Å². The molecule has 14 heavy (non-hydrogen) atoms. The molecule has 2 unspecified atom stereocenters. The van der Waals surface area contributed by atoms with E-state index in [4.69, 9.17) is 4.74 Å². The van der Waals surface area contributed by atoms with E-state index in [1.807, 2.05) is 0 Å². The molecule has 2 nitrogen and oxygen atoms in total. The predicted octanol–water partition coefficient (Wildman–Crippen LogP) is 2.83. The first-order valence-corrected chi connectivity index (χ1v) is 5.76. The van der Waals surface area contributed by atoms with Gasteiger partial charge in [-0.3, -0.25) is 0 Å². The number of rotatable bonds is 7. The molecule has 2 heteroatoms. The zero-order chi connectivity index (χ0) is 11.2. The lowest BCUT2D eigenvalue weighted by molar-refractivity contribution is -0.0159. The first kappa shape index (κ1) is 13.9. The summed E-state index contributed by atoms with van der Waals surface area (Å²) < 4.78 is 5.54. The van der Waals surface area contributed by atoms with Gasteiger partial charge in [-0.1, -0.05) is 27.2 Å². The Kier molecular flexibility index (Phi) is 6.38. The van der Waals surface area contributed by atoms with E-state index in [0.717, 1.165) is 12.5 Å². The first-order valence-electron chi connectivity index (χ1n) is 5.76. The molecule has 0 bridgehead atoms. The van der Waals surface area contributed by atoms with E-state index in [-0.39, 0.29) is 5.60 Å². The van der Waals surface area contributed by atoms with Crippen LogP contribution in [-0.4, -0.2) is 25.3 Å². The molecular weight excluding hydrogens is 174 g/mol. The fraction of sp³-hybridized carbons (Fsp3) is 1.00. The summed E-state index contributed by atoms with van der Waals surface area (Å²) in [6.45, 7) is 12.0. The van der Waals surface area contributed by atoms with Gasteiger partial charge < -0.3 is 10.1 Å². The van der Waals surface area contributed by atoms with Crippen molar-refractivity contribution in [1.29, 1.82) is 0 Å². The molecule has 0 spiro atoms. The van der Waals surface area contributed by atoms with Crippen LogP contribution in [0.25, 0.3) is 0 Å². The maximum atomic E-state index is 5.54. The van der Waals surface area contributed by atoms with Gasteiger partial charge in [-0.25, -0.2) is 0 Å². The van der Waals surface area contributed by atoms with Crippen LogP contribution in [0.2, 0.25) is 0 Å². The van der Waals surface area contributed by atoms with E-state index < -0.39 is 0 Å². The molecule has 1 N–H and O–H groups in total. The fourth-order valence-electron chi connectivity index (χ4n) is 1.57. The van der Waals surface area contributed by atoms with E-state index in [9.17, 15) is 0 Å². The number of likely N-dealkylation sites (N-methyl/N-ethyl adjacent to an activating group) is 1. The first-order chi connectivity index (χ1) is 6.47. The van der Waals surface area contributed by atoms with Crippen LogP contribution >= 0.6 is 0 Å². The SMILES string of the molecule is CCNC(CC(C)CC)C(C)(C)OC. The van der Waals surface area contributed by atoms with Crippen LogP contribution in [0, 0.1) is 5.92 Å². The van der Waals surface area contributed by atoms with Gasteiger partial charge in [-0.15, -0.1) is 0 Å². The van der Waals surface area contributed by atoms with E-state index >= 15 is 0 Å². The Balaban J connectivity index is 4.27. The Morgan fingerprint density at radius 1 is 1.29 bits per heavy atom. The Hall–Kier alpha value is -0.0800. The average molecular weight is 201 g/mol. The van der Waals surface area contributed by atoms with Crippen molar-refractivity contribution in [3.05, 3.63) is 0 Å². The Morgan fingerprint density at radius 3 is 2.21 bits per heavy atom. The zero-order valence-corrected chi connectivity index (χ0v) is 10.7. The van der Waals surface area contributed by atoms with Crippen molar-refractivity contribution in [3.63, 3.8) is 0 Å². The standard InChI is InChI=1S/C12H27NO/c1-7-10(3)9-11(13-8-2)12(4,5)14-6/h10-11,13H,7-9H2,1-6H3. The Labute approximate surface area is 89.4 Å². The highest BCUT2D eigenvalue weighted by Gasteiger charge is 2.29. The van der Waals surface area contributed by atoms with Gasteiger partial charge in [-0.05, 0) is 32.7 Å². The third-order valence-electron chi connectivity index (χ3n) is 3.15. The van der Waals surface area contributed by atoms with Gasteiger partial charge in [0.2, 0.25) is 0 Å². The van der Waals surface area contributed by atoms with E-state index in [1.165, 1.54) is 12.8 Å². The molecule has 0 radical (unpaired) electrons. The van der Waals surface area contributed by atoms with Gasteiger partial charge in [0.1, 0.15) is 0 Å². The summed E-state index contributed by atoms with van der Waals surface area (Å²) in [4.78, 5) is 0. The summed E-state index contributed by atoms with van der Waals surface area (Å²) in [5, 5.41) is 3.51. The quantitative estimate of drug-likeness (QED) is 0.684. The summed E-state index contributed by atoms with van der Waals surface area (Å²) in [7, 11) is 1.79. The monoisotopic (exact) mass is 201 g/mol. The molecule has 0 aliphatic rings. The molecule has 0 aromatic carbocycles. The molecular formula is C12H27NO. The summed E-state index contributed by atoms with van der Waals surface area (Å²) in [6.07, 6.45) is 2.42. The lowest BCUT2D eigenvalue weighted by Gasteiger charge is -2.35. The van der Waals surface area contributed by atoms with Crippen LogP contribution in [0.5, 0.6) is 0 Å². The highest BCUT2D eigenvalue weighted by atomic mass is 16.5. The highest BCUT2D eigenvalue weighted by Crippen LogP contribution is 2.21. The lowest BCUT2D eigenvalue weighted by atomic mass is 9.89. The lowest BCUT2D eigenvalue weighted by Crippen LogP contribution is -2.48. The number of methoxy groups -OCH3 is 1. The third-order valence-corrected chi connectivity index (χ3v) is 3.15. The maximum Gasteiger partial charge on any atom is 0.0775 e. The van der Waals surface area contributed by atoms with Crippen LogP contribution in [0.3, 0.4) is 0 Å². The number of ether oxygens (including phenoxy) is 1. The largest absolute Gasteiger partial charge is 0.377 e. The smallest absolute Gasteiger partial charge is 0.0775 e. The van der Waals surface area contributed by atoms with Crippen LogP contribution in [0.4, 0.5) is 0 Å². The topological polar surface area (TPSA) is 21.3 Å². The Bertz CT molecular complexity index is 145. The highest BCUT2D eigenvalue weighted by molar-refractivity contribution is 4.86. The van der Waals surface area contributed by atoms with E-state index in [1.54, 1.807) is 7.11 Å². The van der Waals surface area contributed by atoms with Crippen molar-refractivity contribution in [1.82, 2.24) is 5.32 Å². The molecule has 0 amide bonds. The van der Waals surface area contributed by atoms with Gasteiger partial charge in [0, 0.05) is 13.2 Å². The summed E-state index contributed by atoms with van der Waals surface area (Å²) in [5.74, 6) is 0.758. The van der Waals surface area contributed by atoms with Crippen LogP contribution in [0.15, 0.2) is 0 Å². The third kappa shape index (κ3) is 4.43. The van der Waals surface area contributed by atoms with Crippen molar-refractivity contribution in [3.8, 4) is 0 Å². The second-order valence-corrected chi connectivity index (χ2v) is 4.67. The Morgan fingerprint density at radius 2 is 1.86 bits per heavy atom. The van der Waals surface area contributed by atoms with E-state index in [0.29, 0.717) is 6.04 Å². The number of hydrogen-bond donors (Lipinski definition) is 1. The van der Waals surface area contributed by atoms with Gasteiger partial charge in [-0.2, -0.15) is 0 Å². The maximum absolute atomic E-state index is 5.54. The van der Waals surface area contributed by atoms with Crippen LogP contribution < -0.4 is 5.32 Å². The predicted molar refractivity (Wildman–Crippen MR) is 62.6 cm³/mol. The molecule has 0 saturated carbocycles. The summed E-state index contributed by atoms with van der Waals surface area (Å²) >= 11 is 0. The molecule has 2 atom stereocenters.